The van der Waals surface area contributed by atoms with E-state index in [1.165, 1.54) is 0 Å². The first-order chi connectivity index (χ1) is 17.7. The highest BCUT2D eigenvalue weighted by atomic mass is 16.6. The Morgan fingerprint density at radius 2 is 1.78 bits per heavy atom. The van der Waals surface area contributed by atoms with Gasteiger partial charge < -0.3 is 19.5 Å². The van der Waals surface area contributed by atoms with Gasteiger partial charge in [0.1, 0.15) is 5.60 Å². The molecule has 1 fully saturated rings. The molecule has 0 bridgehead atoms. The summed E-state index contributed by atoms with van der Waals surface area (Å²) in [6.45, 7) is 6.03. The normalized spacial score (nSPS) is 19.1. The molecule has 1 aliphatic heterocycles. The van der Waals surface area contributed by atoms with Crippen LogP contribution in [-0.2, 0) is 10.3 Å². The molecule has 8 heteroatoms. The number of hydrogen-bond acceptors (Lipinski definition) is 6. The van der Waals surface area contributed by atoms with Gasteiger partial charge in [0, 0.05) is 31.1 Å². The van der Waals surface area contributed by atoms with E-state index in [4.69, 9.17) is 9.47 Å². The Kier molecular flexibility index (Phi) is 6.37. The minimum absolute atomic E-state index is 0.167. The van der Waals surface area contributed by atoms with Gasteiger partial charge in [0.25, 0.3) is 0 Å². The van der Waals surface area contributed by atoms with Crippen molar-refractivity contribution in [3.63, 3.8) is 0 Å². The SMILES string of the molecule is COc1nc2ccc(-c3ccc([C@H](C)N4CCC(CC(C)(C)O)(c5ccccc5)OC4=O)cc3)cn2n1. The summed E-state index contributed by atoms with van der Waals surface area (Å²) in [6, 6.07) is 21.9. The third-order valence-corrected chi connectivity index (χ3v) is 6.98. The van der Waals surface area contributed by atoms with Gasteiger partial charge in [0.2, 0.25) is 0 Å². The van der Waals surface area contributed by atoms with Crippen molar-refractivity contribution >= 4 is 11.7 Å². The minimum Gasteiger partial charge on any atom is -0.466 e. The van der Waals surface area contributed by atoms with Crippen LogP contribution in [0.1, 0.15) is 50.8 Å². The van der Waals surface area contributed by atoms with Crippen LogP contribution >= 0.6 is 0 Å². The highest BCUT2D eigenvalue weighted by molar-refractivity contribution is 5.70. The van der Waals surface area contributed by atoms with Gasteiger partial charge in [-0.3, -0.25) is 0 Å². The van der Waals surface area contributed by atoms with Crippen LogP contribution in [0.3, 0.4) is 0 Å². The molecule has 5 rings (SSSR count). The molecule has 0 saturated carbocycles. The zero-order valence-electron chi connectivity index (χ0n) is 21.6. The van der Waals surface area contributed by atoms with Crippen molar-refractivity contribution in [3.8, 4) is 17.1 Å². The summed E-state index contributed by atoms with van der Waals surface area (Å²) in [5.74, 6) is 0. The Morgan fingerprint density at radius 3 is 2.43 bits per heavy atom. The largest absolute Gasteiger partial charge is 0.466 e. The van der Waals surface area contributed by atoms with Crippen molar-refractivity contribution < 1.29 is 19.4 Å². The molecule has 2 aromatic carbocycles. The van der Waals surface area contributed by atoms with E-state index >= 15 is 0 Å². The first-order valence-electron chi connectivity index (χ1n) is 12.5. The number of carbonyl (C=O) groups is 1. The van der Waals surface area contributed by atoms with Gasteiger partial charge in [-0.2, -0.15) is 4.98 Å². The average Bonchev–Trinajstić information content (AvgIpc) is 3.31. The number of hydrogen-bond donors (Lipinski definition) is 1. The van der Waals surface area contributed by atoms with Crippen molar-refractivity contribution in [3.05, 3.63) is 84.1 Å². The van der Waals surface area contributed by atoms with Crippen molar-refractivity contribution in [1.82, 2.24) is 19.5 Å². The third-order valence-electron chi connectivity index (χ3n) is 6.98. The molecular formula is C29H32N4O4. The van der Waals surface area contributed by atoms with Gasteiger partial charge in [-0.05, 0) is 49.6 Å². The topological polar surface area (TPSA) is 89.2 Å². The fourth-order valence-corrected chi connectivity index (χ4v) is 5.15. The first kappa shape index (κ1) is 24.8. The predicted molar refractivity (Wildman–Crippen MR) is 140 cm³/mol. The standard InChI is InChI=1S/C29H32N4O4/c1-20(21-10-12-22(13-11-21)23-14-15-25-30-26(36-4)31-33(25)18-23)32-17-16-29(37-27(32)34,19-28(2,3)35)24-8-6-5-7-9-24/h5-15,18,20,35H,16-17,19H2,1-4H3/t20-,29?/m0/s1. The molecule has 1 unspecified atom stereocenters. The monoisotopic (exact) mass is 500 g/mol. The lowest BCUT2D eigenvalue weighted by atomic mass is 9.80. The Labute approximate surface area is 216 Å². The molecule has 2 atom stereocenters. The predicted octanol–water partition coefficient (Wildman–Crippen LogP) is 5.36. The minimum atomic E-state index is -0.986. The van der Waals surface area contributed by atoms with Crippen LogP contribution in [0.15, 0.2) is 72.9 Å². The van der Waals surface area contributed by atoms with Crippen molar-refractivity contribution in [2.45, 2.75) is 50.9 Å². The molecule has 0 aliphatic carbocycles. The number of pyridine rings is 1. The highest BCUT2D eigenvalue weighted by Gasteiger charge is 2.46. The Morgan fingerprint density at radius 1 is 1.08 bits per heavy atom. The zero-order valence-corrected chi connectivity index (χ0v) is 21.6. The van der Waals surface area contributed by atoms with Crippen molar-refractivity contribution in [2.24, 2.45) is 0 Å². The van der Waals surface area contributed by atoms with E-state index in [-0.39, 0.29) is 12.1 Å². The molecule has 2 aromatic heterocycles. The first-order valence-corrected chi connectivity index (χ1v) is 12.5. The number of rotatable bonds is 7. The Balaban J connectivity index is 1.34. The number of carbonyl (C=O) groups excluding carboxylic acids is 1. The van der Waals surface area contributed by atoms with Crippen LogP contribution in [0.4, 0.5) is 4.79 Å². The molecule has 192 valence electrons. The van der Waals surface area contributed by atoms with Crippen LogP contribution < -0.4 is 4.74 Å². The zero-order chi connectivity index (χ0) is 26.2. The number of methoxy groups -OCH3 is 1. The van der Waals surface area contributed by atoms with E-state index in [1.54, 1.807) is 30.4 Å². The molecule has 1 aliphatic rings. The quantitative estimate of drug-likeness (QED) is 0.367. The molecule has 1 N–H and O–H groups in total. The summed E-state index contributed by atoms with van der Waals surface area (Å²) in [5, 5.41) is 14.9. The van der Waals surface area contributed by atoms with E-state index in [0.29, 0.717) is 31.0 Å². The second kappa shape index (κ2) is 9.52. The van der Waals surface area contributed by atoms with Gasteiger partial charge >= 0.3 is 12.1 Å². The molecule has 1 saturated heterocycles. The average molecular weight is 501 g/mol. The lowest BCUT2D eigenvalue weighted by Gasteiger charge is -2.45. The molecule has 0 spiro atoms. The third kappa shape index (κ3) is 5.02. The lowest BCUT2D eigenvalue weighted by molar-refractivity contribution is -0.101. The summed E-state index contributed by atoms with van der Waals surface area (Å²) < 4.78 is 13.0. The fraction of sp³-hybridized carbons (Fsp3) is 0.345. The number of benzene rings is 2. The number of ether oxygens (including phenoxy) is 2. The second-order valence-electron chi connectivity index (χ2n) is 10.3. The van der Waals surface area contributed by atoms with E-state index < -0.39 is 11.2 Å². The van der Waals surface area contributed by atoms with E-state index in [2.05, 4.69) is 10.1 Å². The van der Waals surface area contributed by atoms with Gasteiger partial charge in [0.05, 0.1) is 18.8 Å². The van der Waals surface area contributed by atoms with Crippen LogP contribution in [0.2, 0.25) is 0 Å². The molecule has 0 radical (unpaired) electrons. The second-order valence-corrected chi connectivity index (χ2v) is 10.3. The van der Waals surface area contributed by atoms with Gasteiger partial charge in [-0.15, -0.1) is 5.10 Å². The van der Waals surface area contributed by atoms with Gasteiger partial charge in [0.15, 0.2) is 5.65 Å². The lowest BCUT2D eigenvalue weighted by Crippen LogP contribution is -2.51. The van der Waals surface area contributed by atoms with E-state index in [0.717, 1.165) is 22.3 Å². The summed E-state index contributed by atoms with van der Waals surface area (Å²) in [5.41, 5.74) is 2.81. The summed E-state index contributed by atoms with van der Waals surface area (Å²) in [7, 11) is 1.54. The highest BCUT2D eigenvalue weighted by Crippen LogP contribution is 2.42. The maximum atomic E-state index is 13.3. The Hall–Kier alpha value is -3.91. The molecule has 3 heterocycles. The van der Waals surface area contributed by atoms with Crippen LogP contribution in [0, 0.1) is 0 Å². The number of aliphatic hydroxyl groups is 1. The van der Waals surface area contributed by atoms with E-state index in [1.807, 2.05) is 79.9 Å². The maximum absolute atomic E-state index is 13.3. The summed E-state index contributed by atoms with van der Waals surface area (Å²) >= 11 is 0. The summed E-state index contributed by atoms with van der Waals surface area (Å²) in [4.78, 5) is 19.4. The van der Waals surface area contributed by atoms with Crippen LogP contribution in [0.25, 0.3) is 16.8 Å². The number of amides is 1. The molecule has 8 nitrogen and oxygen atoms in total. The van der Waals surface area contributed by atoms with Crippen LogP contribution in [0.5, 0.6) is 6.01 Å². The van der Waals surface area contributed by atoms with Gasteiger partial charge in [-0.25, -0.2) is 9.31 Å². The molecule has 1 amide bonds. The van der Waals surface area contributed by atoms with Crippen molar-refractivity contribution in [1.29, 1.82) is 0 Å². The number of aromatic nitrogens is 3. The summed E-state index contributed by atoms with van der Waals surface area (Å²) in [6.07, 6.45) is 2.46. The fourth-order valence-electron chi connectivity index (χ4n) is 5.15. The number of nitrogens with zero attached hydrogens (tertiary/aromatic N) is 4. The van der Waals surface area contributed by atoms with Crippen LogP contribution in [-0.4, -0.2) is 50.0 Å². The molecular weight excluding hydrogens is 468 g/mol. The molecule has 37 heavy (non-hydrogen) atoms. The number of cyclic esters (lactones) is 1. The smallest absolute Gasteiger partial charge is 0.411 e. The Bertz CT molecular complexity index is 1400. The molecule has 4 aromatic rings. The van der Waals surface area contributed by atoms with Gasteiger partial charge in [-0.1, -0.05) is 54.6 Å². The maximum Gasteiger partial charge on any atom is 0.411 e. The van der Waals surface area contributed by atoms with E-state index in [9.17, 15) is 9.90 Å². The number of fused-ring (bicyclic) bond motifs is 1. The van der Waals surface area contributed by atoms with Crippen molar-refractivity contribution in [2.75, 3.05) is 13.7 Å².